The van der Waals surface area contributed by atoms with Gasteiger partial charge in [-0.15, -0.1) is 10.0 Å². The second-order valence-electron chi connectivity index (χ2n) is 24.8. The van der Waals surface area contributed by atoms with Gasteiger partial charge in [-0.3, -0.25) is 0 Å². The predicted molar refractivity (Wildman–Crippen MR) is 332 cm³/mol. The van der Waals surface area contributed by atoms with Crippen molar-refractivity contribution in [2.24, 2.45) is 0 Å². The molecule has 0 radical (unpaired) electrons. The zero-order chi connectivity index (χ0) is 54.0. The molecule has 2 nitrogen and oxygen atoms in total. The maximum absolute atomic E-state index is 2.59. The van der Waals surface area contributed by atoms with Crippen LogP contribution in [0.25, 0.3) is 11.1 Å². The number of nitrogens with zero attached hydrogens (tertiary/aromatic N) is 2. The Morgan fingerprint density at radius 3 is 1.00 bits per heavy atom. The molecule has 76 heavy (non-hydrogen) atoms. The summed E-state index contributed by atoms with van der Waals surface area (Å²) in [6, 6.07) is 81.7. The zero-order valence-corrected chi connectivity index (χ0v) is 48.4. The van der Waals surface area contributed by atoms with Crippen molar-refractivity contribution < 1.29 is 0 Å². The summed E-state index contributed by atoms with van der Waals surface area (Å²) >= 11 is 0. The van der Waals surface area contributed by atoms with Gasteiger partial charge in [0.15, 0.2) is 0 Å². The summed E-state index contributed by atoms with van der Waals surface area (Å²) in [5, 5.41) is 0. The normalized spacial score (nSPS) is 13.5. The van der Waals surface area contributed by atoms with E-state index < -0.39 is 10.0 Å². The molecule has 11 rings (SSSR count). The van der Waals surface area contributed by atoms with Crippen LogP contribution in [0.4, 0.5) is 34.1 Å². The third-order valence-electron chi connectivity index (χ3n) is 15.6. The third kappa shape index (κ3) is 9.31. The first-order valence-corrected chi connectivity index (χ1v) is 29.2. The van der Waals surface area contributed by atoms with E-state index in [1.165, 1.54) is 92.1 Å². The smallest absolute Gasteiger partial charge is 0.252 e. The van der Waals surface area contributed by atoms with Gasteiger partial charge >= 0.3 is 0 Å². The van der Waals surface area contributed by atoms with Crippen molar-refractivity contribution in [3.05, 3.63) is 235 Å². The molecule has 2 heterocycles. The van der Waals surface area contributed by atoms with E-state index >= 15 is 0 Å². The Morgan fingerprint density at radius 2 is 0.645 bits per heavy atom. The van der Waals surface area contributed by atoms with Gasteiger partial charge in [-0.1, -0.05) is 212 Å². The van der Waals surface area contributed by atoms with Gasteiger partial charge in [0.25, 0.3) is 6.71 Å². The minimum absolute atomic E-state index is 0.0170. The molecular formula is C72H77BN2S. The molecule has 0 saturated heterocycles. The second-order valence-corrected chi connectivity index (χ2v) is 27.9. The molecular weight excluding hydrogens is 936 g/mol. The summed E-state index contributed by atoms with van der Waals surface area (Å²) in [6.45, 7) is 31.9. The van der Waals surface area contributed by atoms with Crippen LogP contribution in [0.5, 0.6) is 0 Å². The number of hydrogen-bond donors (Lipinski definition) is 0. The molecule has 0 unspecified atom stereocenters. The average molecular weight is 1010 g/mol. The van der Waals surface area contributed by atoms with E-state index in [9.17, 15) is 0 Å². The molecule has 0 fully saturated rings. The molecule has 0 N–H and O–H groups in total. The number of anilines is 6. The van der Waals surface area contributed by atoms with Crippen molar-refractivity contribution >= 4 is 67.3 Å². The Labute approximate surface area is 458 Å². The number of rotatable bonds is 7. The maximum atomic E-state index is 2.59. The molecule has 0 saturated carbocycles. The SMILES string of the molecule is CC.CC(C)(C)c1ccc(N2c3ccc(C(C)(C)C)cc3B3c4cc(C(C)(C)C)ccc4N(c4ccc(C(C)(C)C)cc4)c4cc(-c5cccc(S(c6ccccc6)(c6ccccc6)c6ccccc6)c5)cc2c43)cc1. The van der Waals surface area contributed by atoms with Crippen molar-refractivity contribution in [3.63, 3.8) is 0 Å². The van der Waals surface area contributed by atoms with Gasteiger partial charge in [0.05, 0.1) is 0 Å². The van der Waals surface area contributed by atoms with Gasteiger partial charge in [-0.2, -0.15) is 0 Å². The number of hydrogen-bond acceptors (Lipinski definition) is 2. The van der Waals surface area contributed by atoms with Crippen molar-refractivity contribution in [1.82, 2.24) is 0 Å². The van der Waals surface area contributed by atoms with Crippen LogP contribution < -0.4 is 26.2 Å². The van der Waals surface area contributed by atoms with Crippen LogP contribution in [0.15, 0.2) is 232 Å². The van der Waals surface area contributed by atoms with E-state index in [-0.39, 0.29) is 28.4 Å². The van der Waals surface area contributed by atoms with Crippen LogP contribution in [0.3, 0.4) is 0 Å². The topological polar surface area (TPSA) is 6.48 Å². The Balaban J connectivity index is 0.00000325. The van der Waals surface area contributed by atoms with Crippen LogP contribution in [-0.4, -0.2) is 6.71 Å². The van der Waals surface area contributed by atoms with E-state index in [0.29, 0.717) is 0 Å². The molecule has 9 aromatic carbocycles. The highest BCUT2D eigenvalue weighted by atomic mass is 32.3. The van der Waals surface area contributed by atoms with E-state index in [1.807, 2.05) is 13.8 Å². The number of benzene rings is 9. The highest BCUT2D eigenvalue weighted by molar-refractivity contribution is 8.34. The first-order chi connectivity index (χ1) is 36.2. The van der Waals surface area contributed by atoms with E-state index in [4.69, 9.17) is 0 Å². The highest BCUT2D eigenvalue weighted by Crippen LogP contribution is 2.73. The molecule has 2 aliphatic heterocycles. The summed E-state index contributed by atoms with van der Waals surface area (Å²) in [5.74, 6) is 0. The molecule has 0 bridgehead atoms. The quantitative estimate of drug-likeness (QED) is 0.147. The van der Waals surface area contributed by atoms with Crippen LogP contribution >= 0.6 is 10.0 Å². The first-order valence-electron chi connectivity index (χ1n) is 27.6. The Hall–Kier alpha value is -7.01. The van der Waals surface area contributed by atoms with Crippen molar-refractivity contribution in [3.8, 4) is 11.1 Å². The van der Waals surface area contributed by atoms with E-state index in [2.05, 4.69) is 305 Å². The number of fused-ring (bicyclic) bond motifs is 4. The van der Waals surface area contributed by atoms with Crippen LogP contribution in [0.2, 0.25) is 0 Å². The van der Waals surface area contributed by atoms with E-state index in [1.54, 1.807) is 0 Å². The average Bonchev–Trinajstić information content (AvgIpc) is 3.61. The fourth-order valence-corrected chi connectivity index (χ4v) is 15.4. The monoisotopic (exact) mass is 1010 g/mol. The summed E-state index contributed by atoms with van der Waals surface area (Å²) in [6.07, 6.45) is 0. The molecule has 0 atom stereocenters. The molecule has 2 aliphatic rings. The molecule has 0 aromatic heterocycles. The van der Waals surface area contributed by atoms with Crippen LogP contribution in [-0.2, 0) is 21.7 Å². The minimum atomic E-state index is -1.95. The van der Waals surface area contributed by atoms with Crippen molar-refractivity contribution in [2.45, 2.75) is 138 Å². The fraction of sp³-hybridized carbons (Fsp3) is 0.250. The largest absolute Gasteiger partial charge is 0.311 e. The fourth-order valence-electron chi connectivity index (χ4n) is 11.4. The standard InChI is InChI=1S/C70H71BN2S.C2H6/c1-67(2,3)50-31-37-54(38-32-50)72-62-41-35-52(69(7,8)9)46-60(62)71-61-47-53(70(10,11)12)36-42-63(61)73(55-39-33-51(34-40-55)68(4,5)6)65-45-49(44-64(72)66(65)71)48-23-22-30-59(43-48)74(56-24-16-13-17-25-56,57-26-18-14-19-27-57)58-28-20-15-21-29-58;1-2/h13-47H,1-12H3;1-2H3. The zero-order valence-electron chi connectivity index (χ0n) is 47.6. The lowest BCUT2D eigenvalue weighted by Crippen LogP contribution is -2.61. The van der Waals surface area contributed by atoms with Gasteiger partial charge in [0.1, 0.15) is 0 Å². The molecule has 4 heteroatoms. The second kappa shape index (κ2) is 19.8. The molecule has 0 aliphatic carbocycles. The van der Waals surface area contributed by atoms with Crippen LogP contribution in [0, 0.1) is 0 Å². The lowest BCUT2D eigenvalue weighted by molar-refractivity contribution is 0.590. The minimum Gasteiger partial charge on any atom is -0.311 e. The summed E-state index contributed by atoms with van der Waals surface area (Å²) < 4.78 is 0. The van der Waals surface area contributed by atoms with Crippen molar-refractivity contribution in [2.75, 3.05) is 9.80 Å². The third-order valence-corrected chi connectivity index (χ3v) is 19.5. The Morgan fingerprint density at radius 1 is 0.303 bits per heavy atom. The van der Waals surface area contributed by atoms with Gasteiger partial charge in [0.2, 0.25) is 0 Å². The van der Waals surface area contributed by atoms with Gasteiger partial charge in [-0.25, -0.2) is 0 Å². The van der Waals surface area contributed by atoms with Crippen LogP contribution in [0.1, 0.15) is 119 Å². The summed E-state index contributed by atoms with van der Waals surface area (Å²) in [7, 11) is -1.95. The molecule has 384 valence electrons. The Bertz CT molecular complexity index is 3270. The molecule has 0 spiro atoms. The van der Waals surface area contributed by atoms with Gasteiger partial charge in [-0.05, 0) is 168 Å². The lowest BCUT2D eigenvalue weighted by atomic mass is 9.33. The maximum Gasteiger partial charge on any atom is 0.252 e. The molecule has 0 amide bonds. The van der Waals surface area contributed by atoms with Gasteiger partial charge < -0.3 is 9.80 Å². The Kier molecular flexibility index (Phi) is 13.7. The highest BCUT2D eigenvalue weighted by Gasteiger charge is 2.45. The summed E-state index contributed by atoms with van der Waals surface area (Å²) in [5.41, 5.74) is 18.8. The van der Waals surface area contributed by atoms with Crippen molar-refractivity contribution in [1.29, 1.82) is 0 Å². The summed E-state index contributed by atoms with van der Waals surface area (Å²) in [4.78, 5) is 10.4. The van der Waals surface area contributed by atoms with E-state index in [0.717, 1.165) is 11.4 Å². The molecule has 9 aromatic rings. The van der Waals surface area contributed by atoms with Gasteiger partial charge in [0, 0.05) is 53.7 Å². The first kappa shape index (κ1) is 52.4. The predicted octanol–water partition coefficient (Wildman–Crippen LogP) is 19.0. The lowest BCUT2D eigenvalue weighted by Gasteiger charge is -2.45.